The summed E-state index contributed by atoms with van der Waals surface area (Å²) in [6, 6.07) is 7.85. The van der Waals surface area contributed by atoms with E-state index in [4.69, 9.17) is 10.5 Å². The van der Waals surface area contributed by atoms with E-state index in [1.165, 1.54) is 0 Å². The van der Waals surface area contributed by atoms with Crippen molar-refractivity contribution >= 4 is 5.57 Å². The van der Waals surface area contributed by atoms with E-state index in [9.17, 15) is 0 Å². The lowest BCUT2D eigenvalue weighted by Crippen LogP contribution is -1.99. The number of ether oxygens (including phenoxy) is 1. The second-order valence-corrected chi connectivity index (χ2v) is 2.87. The van der Waals surface area contributed by atoms with Gasteiger partial charge in [-0.2, -0.15) is 0 Å². The lowest BCUT2D eigenvalue weighted by molar-refractivity contribution is 0.414. The van der Waals surface area contributed by atoms with Gasteiger partial charge in [-0.1, -0.05) is 18.7 Å². The SMILES string of the molecule is C=C(CCN)c1cccc(OC)c1. The van der Waals surface area contributed by atoms with Gasteiger partial charge < -0.3 is 10.5 Å². The van der Waals surface area contributed by atoms with Crippen LogP contribution in [0, 0.1) is 0 Å². The van der Waals surface area contributed by atoms with Crippen LogP contribution in [0.3, 0.4) is 0 Å². The van der Waals surface area contributed by atoms with E-state index >= 15 is 0 Å². The summed E-state index contributed by atoms with van der Waals surface area (Å²) in [6.45, 7) is 4.59. The van der Waals surface area contributed by atoms with E-state index < -0.39 is 0 Å². The van der Waals surface area contributed by atoms with Gasteiger partial charge in [0.05, 0.1) is 7.11 Å². The summed E-state index contributed by atoms with van der Waals surface area (Å²) < 4.78 is 5.11. The molecule has 0 aromatic heterocycles. The van der Waals surface area contributed by atoms with Crippen molar-refractivity contribution in [1.29, 1.82) is 0 Å². The Morgan fingerprint density at radius 1 is 1.54 bits per heavy atom. The van der Waals surface area contributed by atoms with E-state index in [0.29, 0.717) is 6.54 Å². The van der Waals surface area contributed by atoms with Gasteiger partial charge in [0.25, 0.3) is 0 Å². The van der Waals surface area contributed by atoms with Crippen molar-refractivity contribution in [1.82, 2.24) is 0 Å². The molecule has 0 bridgehead atoms. The fraction of sp³-hybridized carbons (Fsp3) is 0.273. The maximum absolute atomic E-state index is 5.45. The summed E-state index contributed by atoms with van der Waals surface area (Å²) in [5.74, 6) is 0.857. The highest BCUT2D eigenvalue weighted by Gasteiger charge is 1.98. The van der Waals surface area contributed by atoms with Gasteiger partial charge in [0.15, 0.2) is 0 Å². The molecule has 0 heterocycles. The molecule has 0 amide bonds. The molecule has 70 valence electrons. The molecule has 0 spiro atoms. The molecule has 0 aliphatic heterocycles. The third kappa shape index (κ3) is 2.60. The minimum atomic E-state index is 0.635. The molecular weight excluding hydrogens is 162 g/mol. The van der Waals surface area contributed by atoms with Gasteiger partial charge in [-0.05, 0) is 36.2 Å². The van der Waals surface area contributed by atoms with Gasteiger partial charge in [-0.15, -0.1) is 0 Å². The normalized spacial score (nSPS) is 9.69. The summed E-state index contributed by atoms with van der Waals surface area (Å²) in [6.07, 6.45) is 0.827. The largest absolute Gasteiger partial charge is 0.497 e. The average molecular weight is 177 g/mol. The van der Waals surface area contributed by atoms with Crippen LogP contribution in [-0.2, 0) is 0 Å². The van der Waals surface area contributed by atoms with E-state index in [1.807, 2.05) is 24.3 Å². The zero-order chi connectivity index (χ0) is 9.68. The molecule has 0 aliphatic carbocycles. The van der Waals surface area contributed by atoms with Crippen molar-refractivity contribution in [3.8, 4) is 5.75 Å². The van der Waals surface area contributed by atoms with E-state index in [2.05, 4.69) is 6.58 Å². The van der Waals surface area contributed by atoms with Gasteiger partial charge in [0.2, 0.25) is 0 Å². The molecule has 1 rings (SSSR count). The summed E-state index contributed by atoms with van der Waals surface area (Å²) in [4.78, 5) is 0. The second-order valence-electron chi connectivity index (χ2n) is 2.87. The van der Waals surface area contributed by atoms with Crippen LogP contribution >= 0.6 is 0 Å². The first-order valence-corrected chi connectivity index (χ1v) is 4.30. The summed E-state index contributed by atoms with van der Waals surface area (Å²) in [7, 11) is 1.66. The molecule has 0 aliphatic rings. The minimum Gasteiger partial charge on any atom is -0.497 e. The van der Waals surface area contributed by atoms with Crippen LogP contribution in [0.2, 0.25) is 0 Å². The van der Waals surface area contributed by atoms with Crippen LogP contribution in [0.5, 0.6) is 5.75 Å². The maximum atomic E-state index is 5.45. The minimum absolute atomic E-state index is 0.635. The summed E-state index contributed by atoms with van der Waals surface area (Å²) >= 11 is 0. The Balaban J connectivity index is 2.82. The highest BCUT2D eigenvalue weighted by Crippen LogP contribution is 2.20. The topological polar surface area (TPSA) is 35.2 Å². The molecule has 0 saturated heterocycles. The molecule has 0 radical (unpaired) electrons. The Kier molecular flexibility index (Phi) is 3.53. The third-order valence-electron chi connectivity index (χ3n) is 1.92. The molecule has 0 fully saturated rings. The number of rotatable bonds is 4. The first-order chi connectivity index (χ1) is 6.27. The monoisotopic (exact) mass is 177 g/mol. The Hall–Kier alpha value is -1.28. The van der Waals surface area contributed by atoms with Crippen LogP contribution in [0.25, 0.3) is 5.57 Å². The average Bonchev–Trinajstić information content (AvgIpc) is 2.18. The molecule has 2 N–H and O–H groups in total. The standard InChI is InChI=1S/C11H15NO/c1-9(6-7-12)10-4-3-5-11(8-10)13-2/h3-5,8H,1,6-7,12H2,2H3. The Labute approximate surface area is 79.0 Å². The zero-order valence-corrected chi connectivity index (χ0v) is 7.92. The highest BCUT2D eigenvalue weighted by molar-refractivity contribution is 5.64. The zero-order valence-electron chi connectivity index (χ0n) is 7.92. The summed E-state index contributed by atoms with van der Waals surface area (Å²) in [5, 5.41) is 0. The van der Waals surface area contributed by atoms with Gasteiger partial charge in [-0.3, -0.25) is 0 Å². The predicted molar refractivity (Wildman–Crippen MR) is 55.7 cm³/mol. The molecule has 13 heavy (non-hydrogen) atoms. The molecule has 0 saturated carbocycles. The van der Waals surface area contributed by atoms with Crippen LogP contribution in [0.15, 0.2) is 30.8 Å². The van der Waals surface area contributed by atoms with Crippen LogP contribution in [0.1, 0.15) is 12.0 Å². The Morgan fingerprint density at radius 3 is 2.92 bits per heavy atom. The lowest BCUT2D eigenvalue weighted by Gasteiger charge is -2.06. The molecule has 1 aromatic rings. The molecule has 1 aromatic carbocycles. The molecule has 2 heteroatoms. The second kappa shape index (κ2) is 4.67. The van der Waals surface area contributed by atoms with E-state index in [1.54, 1.807) is 7.11 Å². The first kappa shape index (κ1) is 9.81. The van der Waals surface area contributed by atoms with Crippen molar-refractivity contribution < 1.29 is 4.74 Å². The highest BCUT2D eigenvalue weighted by atomic mass is 16.5. The fourth-order valence-electron chi connectivity index (χ4n) is 1.16. The van der Waals surface area contributed by atoms with Crippen molar-refractivity contribution in [3.05, 3.63) is 36.4 Å². The number of nitrogens with two attached hydrogens (primary N) is 1. The van der Waals surface area contributed by atoms with Crippen LogP contribution in [-0.4, -0.2) is 13.7 Å². The molecular formula is C11H15NO. The predicted octanol–water partition coefficient (Wildman–Crippen LogP) is 2.06. The smallest absolute Gasteiger partial charge is 0.119 e. The molecule has 2 nitrogen and oxygen atoms in total. The van der Waals surface area contributed by atoms with Gasteiger partial charge in [0, 0.05) is 0 Å². The molecule has 0 unspecified atom stereocenters. The van der Waals surface area contributed by atoms with Crippen LogP contribution in [0.4, 0.5) is 0 Å². The van der Waals surface area contributed by atoms with Crippen LogP contribution < -0.4 is 10.5 Å². The number of hydrogen-bond donors (Lipinski definition) is 1. The van der Waals surface area contributed by atoms with Crippen molar-refractivity contribution in [2.24, 2.45) is 5.73 Å². The number of methoxy groups -OCH3 is 1. The molecule has 0 atom stereocenters. The van der Waals surface area contributed by atoms with E-state index in [-0.39, 0.29) is 0 Å². The van der Waals surface area contributed by atoms with Gasteiger partial charge in [0.1, 0.15) is 5.75 Å². The van der Waals surface area contributed by atoms with Gasteiger partial charge >= 0.3 is 0 Å². The summed E-state index contributed by atoms with van der Waals surface area (Å²) in [5.41, 5.74) is 7.60. The van der Waals surface area contributed by atoms with Gasteiger partial charge in [-0.25, -0.2) is 0 Å². The number of hydrogen-bond acceptors (Lipinski definition) is 2. The van der Waals surface area contributed by atoms with Crippen molar-refractivity contribution in [2.45, 2.75) is 6.42 Å². The fourth-order valence-corrected chi connectivity index (χ4v) is 1.16. The Bertz CT molecular complexity index is 294. The first-order valence-electron chi connectivity index (χ1n) is 4.30. The lowest BCUT2D eigenvalue weighted by atomic mass is 10.0. The Morgan fingerprint density at radius 2 is 2.31 bits per heavy atom. The van der Waals surface area contributed by atoms with E-state index in [0.717, 1.165) is 23.3 Å². The van der Waals surface area contributed by atoms with Crippen molar-refractivity contribution in [2.75, 3.05) is 13.7 Å². The quantitative estimate of drug-likeness (QED) is 0.764. The maximum Gasteiger partial charge on any atom is 0.119 e. The third-order valence-corrected chi connectivity index (χ3v) is 1.92. The van der Waals surface area contributed by atoms with Crippen molar-refractivity contribution in [3.63, 3.8) is 0 Å². The number of benzene rings is 1.